The topological polar surface area (TPSA) is 83.8 Å². The Kier molecular flexibility index (Phi) is 8.41. The number of thioether (sulfide) groups is 1. The molecule has 0 fully saturated rings. The Labute approximate surface area is 126 Å². The normalized spacial score (nSPS) is 13.2. The van der Waals surface area contributed by atoms with E-state index in [0.29, 0.717) is 0 Å². The summed E-state index contributed by atoms with van der Waals surface area (Å²) in [5.41, 5.74) is 2.63. The Balaban J connectivity index is 0.000000246. The molecule has 0 aliphatic carbocycles. The first-order valence-corrected chi connectivity index (χ1v) is 9.97. The van der Waals surface area contributed by atoms with Crippen LogP contribution in [0.4, 0.5) is 0 Å². The Hall–Kier alpha value is -0.390. The maximum atomic E-state index is 9.44. The standard InChI is InChI=1S/C11H10S2.H4O5P2/c1-12-11-7-10(8-13-11)9-5-3-2-4-6-9;1-6(2)5-7(3)4/h2-8H,1H3;6-7H,(H,1,2)(H,3,4). The van der Waals surface area contributed by atoms with Gasteiger partial charge in [0.1, 0.15) is 0 Å². The molecule has 1 aromatic carbocycles. The predicted molar refractivity (Wildman–Crippen MR) is 85.1 cm³/mol. The summed E-state index contributed by atoms with van der Waals surface area (Å²) in [6, 6.07) is 12.7. The molecule has 2 N–H and O–H groups in total. The van der Waals surface area contributed by atoms with Crippen LogP contribution in [0.2, 0.25) is 0 Å². The number of hydrogen-bond donors (Lipinski definition) is 2. The monoisotopic (exact) mass is 352 g/mol. The predicted octanol–water partition coefficient (Wildman–Crippen LogP) is 3.90. The van der Waals surface area contributed by atoms with Gasteiger partial charge in [0.2, 0.25) is 0 Å². The highest BCUT2D eigenvalue weighted by Gasteiger charge is 1.99. The Morgan fingerprint density at radius 1 is 1.10 bits per heavy atom. The molecule has 0 saturated carbocycles. The third-order valence-electron chi connectivity index (χ3n) is 2.06. The Morgan fingerprint density at radius 2 is 1.70 bits per heavy atom. The summed E-state index contributed by atoms with van der Waals surface area (Å²) in [7, 11) is -6.40. The van der Waals surface area contributed by atoms with E-state index in [1.807, 2.05) is 17.4 Å². The van der Waals surface area contributed by atoms with Gasteiger partial charge in [0.05, 0.1) is 4.21 Å². The van der Waals surface area contributed by atoms with Crippen molar-refractivity contribution in [1.82, 2.24) is 0 Å². The van der Waals surface area contributed by atoms with E-state index in [1.165, 1.54) is 15.3 Å². The van der Waals surface area contributed by atoms with Crippen molar-refractivity contribution in [2.45, 2.75) is 4.21 Å². The van der Waals surface area contributed by atoms with Gasteiger partial charge in [0.15, 0.2) is 0 Å². The van der Waals surface area contributed by atoms with Gasteiger partial charge in [-0.15, -0.1) is 23.1 Å². The number of thiophene rings is 1. The van der Waals surface area contributed by atoms with Crippen molar-refractivity contribution in [3.63, 3.8) is 0 Å². The fourth-order valence-corrected chi connectivity index (χ4v) is 3.29. The van der Waals surface area contributed by atoms with Crippen LogP contribution >= 0.6 is 39.6 Å². The SMILES string of the molecule is CSc1cc(-c2ccccc2)cs1.O=[PH](O)O[PH](=O)O. The Morgan fingerprint density at radius 3 is 2.10 bits per heavy atom. The molecule has 0 radical (unpaired) electrons. The first-order chi connectivity index (χ1) is 9.52. The van der Waals surface area contributed by atoms with Crippen LogP contribution in [-0.4, -0.2) is 16.0 Å². The molecule has 0 bridgehead atoms. The first kappa shape index (κ1) is 17.7. The fourth-order valence-electron chi connectivity index (χ4n) is 1.28. The van der Waals surface area contributed by atoms with Crippen LogP contribution in [-0.2, 0) is 13.4 Å². The lowest BCUT2D eigenvalue weighted by atomic mass is 10.1. The molecule has 110 valence electrons. The van der Waals surface area contributed by atoms with Crippen molar-refractivity contribution in [2.24, 2.45) is 0 Å². The van der Waals surface area contributed by atoms with Crippen molar-refractivity contribution in [1.29, 1.82) is 0 Å². The van der Waals surface area contributed by atoms with E-state index in [2.05, 4.69) is 46.3 Å². The number of benzene rings is 1. The van der Waals surface area contributed by atoms with Gasteiger partial charge >= 0.3 is 16.5 Å². The molecule has 20 heavy (non-hydrogen) atoms. The number of hydrogen-bond acceptors (Lipinski definition) is 5. The van der Waals surface area contributed by atoms with Crippen molar-refractivity contribution in [3.8, 4) is 11.1 Å². The first-order valence-electron chi connectivity index (χ1n) is 5.34. The molecule has 0 spiro atoms. The zero-order chi connectivity index (χ0) is 15.0. The highest BCUT2D eigenvalue weighted by atomic mass is 32.2. The van der Waals surface area contributed by atoms with E-state index in [9.17, 15) is 9.13 Å². The second-order valence-corrected chi connectivity index (χ2v) is 7.26. The average molecular weight is 352 g/mol. The molecule has 0 aliphatic rings. The summed E-state index contributed by atoms with van der Waals surface area (Å²) in [5, 5.41) is 2.21. The molecule has 0 aliphatic heterocycles. The zero-order valence-corrected chi connectivity index (χ0v) is 14.1. The van der Waals surface area contributed by atoms with Gasteiger partial charge in [-0.05, 0) is 28.8 Å². The van der Waals surface area contributed by atoms with Crippen LogP contribution in [0.3, 0.4) is 0 Å². The molecule has 2 atom stereocenters. The molecule has 0 saturated heterocycles. The summed E-state index contributed by atoms with van der Waals surface area (Å²) in [4.78, 5) is 15.4. The third-order valence-corrected chi connectivity index (χ3v) is 5.49. The maximum absolute atomic E-state index is 9.44. The van der Waals surface area contributed by atoms with Gasteiger partial charge < -0.3 is 9.79 Å². The van der Waals surface area contributed by atoms with E-state index < -0.39 is 16.5 Å². The highest BCUT2D eigenvalue weighted by Crippen LogP contribution is 2.31. The fraction of sp³-hybridized carbons (Fsp3) is 0.0909. The summed E-state index contributed by atoms with van der Waals surface area (Å²) in [6.45, 7) is 0. The van der Waals surface area contributed by atoms with Crippen LogP contribution in [0, 0.1) is 0 Å². The van der Waals surface area contributed by atoms with Crippen molar-refractivity contribution < 1.29 is 23.2 Å². The summed E-state index contributed by atoms with van der Waals surface area (Å²) in [6.07, 6.45) is 2.11. The van der Waals surface area contributed by atoms with Crippen molar-refractivity contribution in [2.75, 3.05) is 6.26 Å². The average Bonchev–Trinajstić information content (AvgIpc) is 2.87. The lowest BCUT2D eigenvalue weighted by Crippen LogP contribution is -1.69. The van der Waals surface area contributed by atoms with Gasteiger partial charge in [-0.25, -0.2) is 4.31 Å². The van der Waals surface area contributed by atoms with Crippen LogP contribution in [0.15, 0.2) is 46.0 Å². The summed E-state index contributed by atoms with van der Waals surface area (Å²) < 4.78 is 23.7. The maximum Gasteiger partial charge on any atom is 0.323 e. The molecule has 2 unspecified atom stereocenters. The highest BCUT2D eigenvalue weighted by molar-refractivity contribution is 8.00. The summed E-state index contributed by atoms with van der Waals surface area (Å²) >= 11 is 3.61. The molecule has 1 aromatic heterocycles. The van der Waals surface area contributed by atoms with Gasteiger partial charge in [0.25, 0.3) is 0 Å². The van der Waals surface area contributed by atoms with Crippen LogP contribution in [0.5, 0.6) is 0 Å². The molecule has 2 aromatic rings. The molecule has 5 nitrogen and oxygen atoms in total. The molecular formula is C11H14O5P2S2. The molecule has 9 heteroatoms. The van der Waals surface area contributed by atoms with Crippen LogP contribution in [0.25, 0.3) is 11.1 Å². The largest absolute Gasteiger partial charge is 0.326 e. The molecule has 2 rings (SSSR count). The second kappa shape index (κ2) is 9.53. The van der Waals surface area contributed by atoms with Gasteiger partial charge in [-0.2, -0.15) is 0 Å². The third kappa shape index (κ3) is 6.86. The smallest absolute Gasteiger partial charge is 0.323 e. The van der Waals surface area contributed by atoms with Crippen LogP contribution < -0.4 is 0 Å². The van der Waals surface area contributed by atoms with E-state index >= 15 is 0 Å². The lowest BCUT2D eigenvalue weighted by molar-refractivity contribution is 0.371. The lowest BCUT2D eigenvalue weighted by Gasteiger charge is -1.94. The van der Waals surface area contributed by atoms with Crippen molar-refractivity contribution in [3.05, 3.63) is 41.8 Å². The van der Waals surface area contributed by atoms with E-state index in [-0.39, 0.29) is 0 Å². The van der Waals surface area contributed by atoms with Gasteiger partial charge in [-0.3, -0.25) is 9.13 Å². The molecule has 0 amide bonds. The minimum absolute atomic E-state index is 1.30. The molecular weight excluding hydrogens is 338 g/mol. The number of rotatable bonds is 4. The van der Waals surface area contributed by atoms with Crippen LogP contribution in [0.1, 0.15) is 0 Å². The van der Waals surface area contributed by atoms with Crippen molar-refractivity contribution >= 4 is 39.6 Å². The molecule has 1 heterocycles. The quantitative estimate of drug-likeness (QED) is 0.641. The van der Waals surface area contributed by atoms with E-state index in [1.54, 1.807) is 11.8 Å². The Bertz CT molecular complexity index is 561. The van der Waals surface area contributed by atoms with Gasteiger partial charge in [0, 0.05) is 0 Å². The minimum atomic E-state index is -3.20. The zero-order valence-electron chi connectivity index (χ0n) is 10.5. The summed E-state index contributed by atoms with van der Waals surface area (Å²) in [5.74, 6) is 0. The van der Waals surface area contributed by atoms with E-state index in [4.69, 9.17) is 9.79 Å². The minimum Gasteiger partial charge on any atom is -0.326 e. The van der Waals surface area contributed by atoms with E-state index in [0.717, 1.165) is 0 Å². The van der Waals surface area contributed by atoms with Gasteiger partial charge in [-0.1, -0.05) is 30.3 Å². The second-order valence-electron chi connectivity index (χ2n) is 3.36.